The average Bonchev–Trinajstić information content (AvgIpc) is 2.47. The van der Waals surface area contributed by atoms with Crippen molar-refractivity contribution in [3.05, 3.63) is 30.0 Å². The van der Waals surface area contributed by atoms with Crippen molar-refractivity contribution < 1.29 is 4.74 Å². The molecular weight excluding hydrogens is 248 g/mol. The van der Waals surface area contributed by atoms with Crippen LogP contribution in [0, 0.1) is 6.92 Å². The average molecular weight is 272 g/mol. The van der Waals surface area contributed by atoms with Gasteiger partial charge in [0.1, 0.15) is 5.75 Å². The van der Waals surface area contributed by atoms with Crippen molar-refractivity contribution >= 4 is 16.6 Å². The van der Waals surface area contributed by atoms with E-state index in [9.17, 15) is 0 Å². The van der Waals surface area contributed by atoms with Gasteiger partial charge in [-0.3, -0.25) is 4.98 Å². The van der Waals surface area contributed by atoms with Crippen molar-refractivity contribution in [1.29, 1.82) is 0 Å². The summed E-state index contributed by atoms with van der Waals surface area (Å²) in [6, 6.07) is 8.28. The van der Waals surface area contributed by atoms with Gasteiger partial charge in [0, 0.05) is 29.9 Å². The maximum atomic E-state index is 5.36. The number of ether oxygens (including phenoxy) is 1. The lowest BCUT2D eigenvalue weighted by molar-refractivity contribution is 0.415. The van der Waals surface area contributed by atoms with Crippen LogP contribution >= 0.6 is 0 Å². The molecule has 0 radical (unpaired) electrons. The van der Waals surface area contributed by atoms with Crippen LogP contribution in [-0.2, 0) is 0 Å². The highest BCUT2D eigenvalue weighted by Crippen LogP contribution is 2.30. The number of nitrogens with zero attached hydrogens (tertiary/aromatic N) is 2. The second kappa shape index (κ2) is 6.60. The zero-order valence-electron chi connectivity index (χ0n) is 12.9. The fraction of sp³-hybridized carbons (Fsp3) is 0.471. The summed E-state index contributed by atoms with van der Waals surface area (Å²) in [4.78, 5) is 7.06. The van der Waals surface area contributed by atoms with E-state index in [1.807, 2.05) is 12.1 Å². The minimum Gasteiger partial charge on any atom is -0.497 e. The number of rotatable bonds is 6. The Bertz CT molecular complexity index is 580. The normalized spacial score (nSPS) is 10.8. The van der Waals surface area contributed by atoms with Gasteiger partial charge >= 0.3 is 0 Å². The Morgan fingerprint density at radius 1 is 1.20 bits per heavy atom. The summed E-state index contributed by atoms with van der Waals surface area (Å²) < 4.78 is 5.36. The number of pyridine rings is 1. The van der Waals surface area contributed by atoms with Crippen LogP contribution in [-0.4, -0.2) is 25.2 Å². The van der Waals surface area contributed by atoms with E-state index in [4.69, 9.17) is 4.74 Å². The molecule has 0 amide bonds. The van der Waals surface area contributed by atoms with Crippen molar-refractivity contribution in [2.75, 3.05) is 25.1 Å². The van der Waals surface area contributed by atoms with Gasteiger partial charge in [-0.25, -0.2) is 0 Å². The summed E-state index contributed by atoms with van der Waals surface area (Å²) in [5, 5.41) is 1.17. The van der Waals surface area contributed by atoms with Gasteiger partial charge in [-0.2, -0.15) is 0 Å². The quantitative estimate of drug-likeness (QED) is 0.789. The van der Waals surface area contributed by atoms with E-state index < -0.39 is 0 Å². The van der Waals surface area contributed by atoms with Gasteiger partial charge in [0.25, 0.3) is 0 Å². The molecule has 0 fully saturated rings. The first-order chi connectivity index (χ1) is 9.69. The summed E-state index contributed by atoms with van der Waals surface area (Å²) in [5.74, 6) is 0.885. The van der Waals surface area contributed by atoms with Crippen LogP contribution in [0.1, 0.15) is 32.4 Å². The Morgan fingerprint density at radius 3 is 2.65 bits per heavy atom. The van der Waals surface area contributed by atoms with Crippen molar-refractivity contribution in [1.82, 2.24) is 4.98 Å². The van der Waals surface area contributed by atoms with Crippen LogP contribution in [0.15, 0.2) is 24.3 Å². The highest BCUT2D eigenvalue weighted by Gasteiger charge is 2.11. The Labute approximate surface area is 121 Å². The molecule has 1 aromatic carbocycles. The molecule has 108 valence electrons. The first kappa shape index (κ1) is 14.6. The molecule has 3 nitrogen and oxygen atoms in total. The molecule has 0 unspecified atom stereocenters. The number of aryl methyl sites for hydroxylation is 1. The highest BCUT2D eigenvalue weighted by molar-refractivity contribution is 5.93. The van der Waals surface area contributed by atoms with Crippen molar-refractivity contribution in [2.24, 2.45) is 0 Å². The first-order valence-electron chi connectivity index (χ1n) is 7.40. The van der Waals surface area contributed by atoms with Crippen LogP contribution in [0.25, 0.3) is 10.9 Å². The zero-order chi connectivity index (χ0) is 14.5. The Morgan fingerprint density at radius 2 is 2.00 bits per heavy atom. The van der Waals surface area contributed by atoms with E-state index in [1.165, 1.54) is 23.9 Å². The maximum Gasteiger partial charge on any atom is 0.119 e. The monoisotopic (exact) mass is 272 g/mol. The molecule has 0 aliphatic rings. The number of fused-ring (bicyclic) bond motifs is 1. The molecule has 20 heavy (non-hydrogen) atoms. The van der Waals surface area contributed by atoms with Gasteiger partial charge in [0.15, 0.2) is 0 Å². The molecule has 0 N–H and O–H groups in total. The number of anilines is 1. The molecule has 2 rings (SSSR count). The molecule has 3 heteroatoms. The SMILES string of the molecule is CCCCN(CC)c1cc(C)nc2ccc(OC)cc12. The summed E-state index contributed by atoms with van der Waals surface area (Å²) in [6.45, 7) is 8.59. The van der Waals surface area contributed by atoms with Crippen LogP contribution in [0.4, 0.5) is 5.69 Å². The smallest absolute Gasteiger partial charge is 0.119 e. The zero-order valence-corrected chi connectivity index (χ0v) is 12.9. The molecular formula is C17H24N2O. The third kappa shape index (κ3) is 3.03. The van der Waals surface area contributed by atoms with Gasteiger partial charge in [0.2, 0.25) is 0 Å². The standard InChI is InChI=1S/C17H24N2O/c1-5-7-10-19(6-2)17-11-13(3)18-16-9-8-14(20-4)12-15(16)17/h8-9,11-12H,5-7,10H2,1-4H3. The van der Waals surface area contributed by atoms with E-state index in [2.05, 4.69) is 42.8 Å². The molecule has 0 atom stereocenters. The molecule has 0 bridgehead atoms. The third-order valence-electron chi connectivity index (χ3n) is 3.63. The highest BCUT2D eigenvalue weighted by atomic mass is 16.5. The summed E-state index contributed by atoms with van der Waals surface area (Å²) in [5.41, 5.74) is 3.37. The number of hydrogen-bond acceptors (Lipinski definition) is 3. The van der Waals surface area contributed by atoms with Crippen molar-refractivity contribution in [3.63, 3.8) is 0 Å². The maximum absolute atomic E-state index is 5.36. The van der Waals surface area contributed by atoms with Crippen molar-refractivity contribution in [3.8, 4) is 5.75 Å². The van der Waals surface area contributed by atoms with Gasteiger partial charge in [-0.05, 0) is 44.5 Å². The fourth-order valence-corrected chi connectivity index (χ4v) is 2.50. The van der Waals surface area contributed by atoms with Crippen LogP contribution < -0.4 is 9.64 Å². The lowest BCUT2D eigenvalue weighted by Crippen LogP contribution is -2.24. The number of benzene rings is 1. The largest absolute Gasteiger partial charge is 0.497 e. The van der Waals surface area contributed by atoms with E-state index in [-0.39, 0.29) is 0 Å². The summed E-state index contributed by atoms with van der Waals surface area (Å²) in [7, 11) is 1.71. The van der Waals surface area contributed by atoms with Crippen molar-refractivity contribution in [2.45, 2.75) is 33.6 Å². The van der Waals surface area contributed by atoms with E-state index in [0.29, 0.717) is 0 Å². The van der Waals surface area contributed by atoms with Crippen LogP contribution in [0.5, 0.6) is 5.75 Å². The molecule has 1 aromatic heterocycles. The number of aromatic nitrogens is 1. The van der Waals surface area contributed by atoms with Crippen LogP contribution in [0.2, 0.25) is 0 Å². The van der Waals surface area contributed by atoms with Crippen LogP contribution in [0.3, 0.4) is 0 Å². The number of unbranched alkanes of at least 4 members (excludes halogenated alkanes) is 1. The molecule has 0 saturated heterocycles. The Balaban J connectivity index is 2.53. The third-order valence-corrected chi connectivity index (χ3v) is 3.63. The van der Waals surface area contributed by atoms with E-state index in [1.54, 1.807) is 7.11 Å². The summed E-state index contributed by atoms with van der Waals surface area (Å²) >= 11 is 0. The second-order valence-corrected chi connectivity index (χ2v) is 5.10. The molecule has 2 aromatic rings. The predicted octanol–water partition coefficient (Wildman–Crippen LogP) is 4.18. The Hall–Kier alpha value is -1.77. The topological polar surface area (TPSA) is 25.4 Å². The predicted molar refractivity (Wildman–Crippen MR) is 85.8 cm³/mol. The van der Waals surface area contributed by atoms with E-state index >= 15 is 0 Å². The first-order valence-corrected chi connectivity index (χ1v) is 7.40. The minimum absolute atomic E-state index is 0.885. The lowest BCUT2D eigenvalue weighted by Gasteiger charge is -2.25. The number of methoxy groups -OCH3 is 1. The van der Waals surface area contributed by atoms with Gasteiger partial charge in [-0.1, -0.05) is 13.3 Å². The van der Waals surface area contributed by atoms with Gasteiger partial charge < -0.3 is 9.64 Å². The Kier molecular flexibility index (Phi) is 4.83. The van der Waals surface area contributed by atoms with E-state index in [0.717, 1.165) is 30.0 Å². The molecule has 1 heterocycles. The molecule has 0 spiro atoms. The molecule has 0 aliphatic carbocycles. The number of hydrogen-bond donors (Lipinski definition) is 0. The summed E-state index contributed by atoms with van der Waals surface area (Å²) in [6.07, 6.45) is 2.42. The molecule has 0 saturated carbocycles. The lowest BCUT2D eigenvalue weighted by atomic mass is 10.1. The molecule has 0 aliphatic heterocycles. The second-order valence-electron chi connectivity index (χ2n) is 5.10. The van der Waals surface area contributed by atoms with Gasteiger partial charge in [-0.15, -0.1) is 0 Å². The van der Waals surface area contributed by atoms with Gasteiger partial charge in [0.05, 0.1) is 12.6 Å². The fourth-order valence-electron chi connectivity index (χ4n) is 2.50. The minimum atomic E-state index is 0.885.